The molecule has 1 aliphatic carbocycles. The van der Waals surface area contributed by atoms with Gasteiger partial charge in [-0.15, -0.1) is 0 Å². The van der Waals surface area contributed by atoms with Gasteiger partial charge in [0.05, 0.1) is 11.5 Å². The van der Waals surface area contributed by atoms with E-state index in [4.69, 9.17) is 0 Å². The highest BCUT2D eigenvalue weighted by Gasteiger charge is 2.42. The second kappa shape index (κ2) is 6.51. The molecule has 0 amide bonds. The third-order valence-electron chi connectivity index (χ3n) is 4.81. The number of hydrogen-bond donors (Lipinski definition) is 2. The second-order valence-corrected chi connectivity index (χ2v) is 9.06. The molecular formula is C17H25N3O2S. The molecule has 0 radical (unpaired) electrons. The quantitative estimate of drug-likeness (QED) is 0.630. The Bertz CT molecular complexity index is 666. The van der Waals surface area contributed by atoms with E-state index in [1.54, 1.807) is 7.05 Å². The smallest absolute Gasteiger partial charge is 0.191 e. The van der Waals surface area contributed by atoms with E-state index >= 15 is 0 Å². The molecule has 1 aromatic rings. The first-order valence-electron chi connectivity index (χ1n) is 8.22. The van der Waals surface area contributed by atoms with E-state index in [1.807, 2.05) is 6.07 Å². The van der Waals surface area contributed by atoms with Gasteiger partial charge in [-0.2, -0.15) is 0 Å². The number of benzene rings is 1. The van der Waals surface area contributed by atoms with E-state index < -0.39 is 9.84 Å². The zero-order valence-electron chi connectivity index (χ0n) is 13.6. The number of rotatable bonds is 5. The number of sulfone groups is 1. The normalized spacial score (nSPS) is 25.1. The van der Waals surface area contributed by atoms with Crippen molar-refractivity contribution in [1.29, 1.82) is 0 Å². The van der Waals surface area contributed by atoms with E-state index in [2.05, 4.69) is 39.9 Å². The Morgan fingerprint density at radius 3 is 2.61 bits per heavy atom. The van der Waals surface area contributed by atoms with Crippen LogP contribution < -0.4 is 10.6 Å². The molecule has 1 saturated heterocycles. The van der Waals surface area contributed by atoms with Gasteiger partial charge in [-0.3, -0.25) is 4.99 Å². The number of nitrogens with one attached hydrogen (secondary N) is 2. The topological polar surface area (TPSA) is 70.6 Å². The van der Waals surface area contributed by atoms with Crippen LogP contribution in [0.1, 0.15) is 24.8 Å². The predicted octanol–water partition coefficient (Wildman–Crippen LogP) is 1.36. The monoisotopic (exact) mass is 335 g/mol. The van der Waals surface area contributed by atoms with Gasteiger partial charge in [0.15, 0.2) is 15.8 Å². The van der Waals surface area contributed by atoms with Crippen molar-refractivity contribution in [1.82, 2.24) is 10.6 Å². The maximum absolute atomic E-state index is 11.5. The zero-order valence-corrected chi connectivity index (χ0v) is 14.4. The molecule has 1 saturated carbocycles. The summed E-state index contributed by atoms with van der Waals surface area (Å²) in [6.45, 7) is 0.876. The summed E-state index contributed by atoms with van der Waals surface area (Å²) in [4.78, 5) is 4.24. The molecule has 3 rings (SSSR count). The minimum atomic E-state index is -2.87. The maximum atomic E-state index is 11.5. The van der Waals surface area contributed by atoms with Crippen molar-refractivity contribution in [3.8, 4) is 0 Å². The molecule has 2 aliphatic rings. The van der Waals surface area contributed by atoms with Crippen LogP contribution in [0.2, 0.25) is 0 Å². The van der Waals surface area contributed by atoms with Crippen molar-refractivity contribution < 1.29 is 8.42 Å². The first-order valence-corrected chi connectivity index (χ1v) is 10.0. The summed E-state index contributed by atoms with van der Waals surface area (Å²) >= 11 is 0. The summed E-state index contributed by atoms with van der Waals surface area (Å²) in [6.07, 6.45) is 4.20. The fraction of sp³-hybridized carbons (Fsp3) is 0.588. The highest BCUT2D eigenvalue weighted by molar-refractivity contribution is 7.91. The van der Waals surface area contributed by atoms with Crippen LogP contribution >= 0.6 is 0 Å². The third kappa shape index (κ3) is 4.47. The van der Waals surface area contributed by atoms with Gasteiger partial charge in [-0.05, 0) is 36.7 Å². The van der Waals surface area contributed by atoms with Gasteiger partial charge in [0.1, 0.15) is 0 Å². The maximum Gasteiger partial charge on any atom is 0.191 e. The molecule has 1 aromatic carbocycles. The van der Waals surface area contributed by atoms with Gasteiger partial charge in [-0.1, -0.05) is 30.3 Å². The van der Waals surface area contributed by atoms with E-state index in [9.17, 15) is 8.42 Å². The highest BCUT2D eigenvalue weighted by Crippen LogP contribution is 2.47. The van der Waals surface area contributed by atoms with Gasteiger partial charge >= 0.3 is 0 Å². The van der Waals surface area contributed by atoms with Crippen LogP contribution in [0.3, 0.4) is 0 Å². The molecular weight excluding hydrogens is 310 g/mol. The lowest BCUT2D eigenvalue weighted by Crippen LogP contribution is -2.45. The molecule has 1 aliphatic heterocycles. The summed E-state index contributed by atoms with van der Waals surface area (Å²) in [6, 6.07) is 10.5. The van der Waals surface area contributed by atoms with Gasteiger partial charge in [0, 0.05) is 19.6 Å². The molecule has 1 heterocycles. The van der Waals surface area contributed by atoms with E-state index in [-0.39, 0.29) is 17.5 Å². The molecule has 23 heavy (non-hydrogen) atoms. The van der Waals surface area contributed by atoms with E-state index in [1.165, 1.54) is 18.4 Å². The Hall–Kier alpha value is -1.56. The van der Waals surface area contributed by atoms with Crippen molar-refractivity contribution in [3.05, 3.63) is 35.9 Å². The van der Waals surface area contributed by atoms with Gasteiger partial charge in [0.2, 0.25) is 0 Å². The molecule has 6 heteroatoms. The molecule has 5 nitrogen and oxygen atoms in total. The highest BCUT2D eigenvalue weighted by atomic mass is 32.2. The van der Waals surface area contributed by atoms with Crippen LogP contribution in [0.5, 0.6) is 0 Å². The van der Waals surface area contributed by atoms with Crippen LogP contribution in [0, 0.1) is 5.41 Å². The Morgan fingerprint density at radius 1 is 1.30 bits per heavy atom. The van der Waals surface area contributed by atoms with Crippen LogP contribution in [0.4, 0.5) is 0 Å². The Kier molecular flexibility index (Phi) is 4.62. The fourth-order valence-corrected chi connectivity index (χ4v) is 4.86. The van der Waals surface area contributed by atoms with Gasteiger partial charge < -0.3 is 10.6 Å². The van der Waals surface area contributed by atoms with Crippen LogP contribution in [0.15, 0.2) is 35.3 Å². The lowest BCUT2D eigenvalue weighted by Gasteiger charge is -2.20. The van der Waals surface area contributed by atoms with Crippen molar-refractivity contribution >= 4 is 15.8 Å². The molecule has 2 fully saturated rings. The zero-order chi connectivity index (χ0) is 16.3. The van der Waals surface area contributed by atoms with Crippen molar-refractivity contribution in [2.24, 2.45) is 10.4 Å². The van der Waals surface area contributed by atoms with Crippen molar-refractivity contribution in [2.75, 3.05) is 25.1 Å². The lowest BCUT2D eigenvalue weighted by atomic mass is 9.96. The van der Waals surface area contributed by atoms with Gasteiger partial charge in [0.25, 0.3) is 0 Å². The molecule has 0 aromatic heterocycles. The number of hydrogen-bond acceptors (Lipinski definition) is 3. The largest absolute Gasteiger partial charge is 0.356 e. The molecule has 1 atom stereocenters. The molecule has 126 valence electrons. The average molecular weight is 335 g/mol. The summed E-state index contributed by atoms with van der Waals surface area (Å²) in [5, 5.41) is 6.64. The molecule has 0 bridgehead atoms. The number of guanidine groups is 1. The number of aliphatic imine (C=N–C) groups is 1. The van der Waals surface area contributed by atoms with Crippen LogP contribution in [-0.2, 0) is 16.3 Å². The van der Waals surface area contributed by atoms with Crippen LogP contribution in [-0.4, -0.2) is 45.5 Å². The second-order valence-electron chi connectivity index (χ2n) is 6.83. The molecule has 2 N–H and O–H groups in total. The average Bonchev–Trinajstić information content (AvgIpc) is 3.20. The summed E-state index contributed by atoms with van der Waals surface area (Å²) in [5.41, 5.74) is 1.69. The van der Waals surface area contributed by atoms with Gasteiger partial charge in [-0.25, -0.2) is 8.42 Å². The Morgan fingerprint density at radius 2 is 2.04 bits per heavy atom. The number of nitrogens with zero attached hydrogens (tertiary/aromatic N) is 1. The fourth-order valence-electron chi connectivity index (χ4n) is 3.19. The molecule has 1 unspecified atom stereocenters. The summed E-state index contributed by atoms with van der Waals surface area (Å²) in [5.74, 6) is 1.20. The Labute approximate surface area is 138 Å². The van der Waals surface area contributed by atoms with Crippen molar-refractivity contribution in [3.63, 3.8) is 0 Å². The first kappa shape index (κ1) is 16.3. The van der Waals surface area contributed by atoms with Crippen molar-refractivity contribution in [2.45, 2.75) is 31.7 Å². The summed E-state index contributed by atoms with van der Waals surface area (Å²) < 4.78 is 23.1. The SMILES string of the molecule is CN=C(NCC1(Cc2ccccc2)CC1)NC1CCS(=O)(=O)C1. The predicted molar refractivity (Wildman–Crippen MR) is 93.4 cm³/mol. The minimum absolute atomic E-state index is 0.0181. The van der Waals surface area contributed by atoms with E-state index in [0.717, 1.165) is 13.0 Å². The standard InChI is InChI=1S/C17H25N3O2S/c1-18-16(20-15-7-10-23(21,22)12-15)19-13-17(8-9-17)11-14-5-3-2-4-6-14/h2-6,15H,7-13H2,1H3,(H2,18,19,20). The first-order chi connectivity index (χ1) is 11.0. The van der Waals surface area contributed by atoms with Crippen LogP contribution in [0.25, 0.3) is 0 Å². The Balaban J connectivity index is 1.50. The third-order valence-corrected chi connectivity index (χ3v) is 6.57. The van der Waals surface area contributed by atoms with E-state index in [0.29, 0.717) is 17.8 Å². The molecule has 0 spiro atoms. The minimum Gasteiger partial charge on any atom is -0.356 e. The summed E-state index contributed by atoms with van der Waals surface area (Å²) in [7, 11) is -1.13. The lowest BCUT2D eigenvalue weighted by molar-refractivity contribution is 0.489.